The first-order valence-electron chi connectivity index (χ1n) is 6.40. The lowest BCUT2D eigenvalue weighted by atomic mass is 9.99. The van der Waals surface area contributed by atoms with Crippen LogP contribution in [0.25, 0.3) is 10.8 Å². The van der Waals surface area contributed by atoms with Gasteiger partial charge >= 0.3 is 0 Å². The lowest BCUT2D eigenvalue weighted by Gasteiger charge is -2.05. The molecule has 2 heteroatoms. The second-order valence-electron chi connectivity index (χ2n) is 4.48. The van der Waals surface area contributed by atoms with Gasteiger partial charge in [0.1, 0.15) is 0 Å². The molecule has 0 atom stereocenters. The summed E-state index contributed by atoms with van der Waals surface area (Å²) in [5, 5.41) is 4.14. The smallest absolute Gasteiger partial charge is 0.203 e. The minimum absolute atomic E-state index is 0.142. The molecule has 0 spiro atoms. The molecule has 3 rings (SSSR count). The Bertz CT molecular complexity index is 734. The molecule has 0 bridgehead atoms. The summed E-state index contributed by atoms with van der Waals surface area (Å²) >= 11 is 1.54. The number of carbonyl (C=O) groups is 1. The van der Waals surface area contributed by atoms with Gasteiger partial charge < -0.3 is 0 Å². The fourth-order valence-electron chi connectivity index (χ4n) is 2.36. The number of aryl methyl sites for hydroxylation is 1. The van der Waals surface area contributed by atoms with Gasteiger partial charge in [0.2, 0.25) is 5.78 Å². The second-order valence-corrected chi connectivity index (χ2v) is 5.40. The molecule has 19 heavy (non-hydrogen) atoms. The highest BCUT2D eigenvalue weighted by molar-refractivity contribution is 7.12. The Morgan fingerprint density at radius 3 is 2.68 bits per heavy atom. The van der Waals surface area contributed by atoms with Crippen LogP contribution in [0.1, 0.15) is 27.7 Å². The maximum atomic E-state index is 12.7. The van der Waals surface area contributed by atoms with E-state index in [0.717, 1.165) is 33.2 Å². The third kappa shape index (κ3) is 2.08. The van der Waals surface area contributed by atoms with Gasteiger partial charge in [-0.25, -0.2) is 0 Å². The molecule has 1 nitrogen and oxygen atoms in total. The molecule has 0 fully saturated rings. The fraction of sp³-hybridized carbons (Fsp3) is 0.118. The maximum Gasteiger partial charge on any atom is 0.203 e. The van der Waals surface area contributed by atoms with Gasteiger partial charge in [-0.1, -0.05) is 49.4 Å². The minimum atomic E-state index is 0.142. The molecule has 0 radical (unpaired) electrons. The van der Waals surface area contributed by atoms with E-state index < -0.39 is 0 Å². The van der Waals surface area contributed by atoms with E-state index >= 15 is 0 Å². The first-order valence-corrected chi connectivity index (χ1v) is 7.28. The second kappa shape index (κ2) is 4.98. The van der Waals surface area contributed by atoms with Crippen molar-refractivity contribution in [1.82, 2.24) is 0 Å². The van der Waals surface area contributed by atoms with Crippen LogP contribution < -0.4 is 0 Å². The number of rotatable bonds is 3. The van der Waals surface area contributed by atoms with Crippen LogP contribution in [0.3, 0.4) is 0 Å². The molecule has 1 heterocycles. The summed E-state index contributed by atoms with van der Waals surface area (Å²) in [6, 6.07) is 16.0. The average molecular weight is 266 g/mol. The predicted octanol–water partition coefficient (Wildman–Crippen LogP) is 4.69. The molecule has 0 saturated carbocycles. The summed E-state index contributed by atoms with van der Waals surface area (Å²) in [5.74, 6) is 0.142. The highest BCUT2D eigenvalue weighted by atomic mass is 32.1. The van der Waals surface area contributed by atoms with Crippen molar-refractivity contribution < 1.29 is 4.79 Å². The third-order valence-electron chi connectivity index (χ3n) is 3.37. The molecule has 94 valence electrons. The molecule has 0 aliphatic carbocycles. The van der Waals surface area contributed by atoms with Crippen molar-refractivity contribution in [3.8, 4) is 0 Å². The van der Waals surface area contributed by atoms with Gasteiger partial charge in [0.15, 0.2) is 0 Å². The monoisotopic (exact) mass is 266 g/mol. The number of benzene rings is 2. The summed E-state index contributed by atoms with van der Waals surface area (Å²) in [6.07, 6.45) is 0.898. The van der Waals surface area contributed by atoms with Gasteiger partial charge in [-0.3, -0.25) is 4.79 Å². The van der Waals surface area contributed by atoms with Gasteiger partial charge in [-0.05, 0) is 34.2 Å². The van der Waals surface area contributed by atoms with Crippen LogP contribution >= 0.6 is 11.3 Å². The number of fused-ring (bicyclic) bond motifs is 1. The first-order chi connectivity index (χ1) is 9.31. The van der Waals surface area contributed by atoms with Crippen molar-refractivity contribution in [2.24, 2.45) is 0 Å². The zero-order valence-electron chi connectivity index (χ0n) is 10.7. The Kier molecular flexibility index (Phi) is 3.18. The van der Waals surface area contributed by atoms with E-state index in [2.05, 4.69) is 6.92 Å². The molecule has 0 aliphatic heterocycles. The van der Waals surface area contributed by atoms with Crippen molar-refractivity contribution >= 4 is 27.9 Å². The van der Waals surface area contributed by atoms with Crippen LogP contribution in [0.2, 0.25) is 0 Å². The summed E-state index contributed by atoms with van der Waals surface area (Å²) in [7, 11) is 0. The standard InChI is InChI=1S/C17H14OS/c1-2-12-10-11-19-17(12)16(18)15-9-5-7-13-6-3-4-8-14(13)15/h3-11H,2H2,1H3. The Balaban J connectivity index is 2.17. The van der Waals surface area contributed by atoms with Crippen LogP contribution in [0.15, 0.2) is 53.9 Å². The van der Waals surface area contributed by atoms with E-state index in [4.69, 9.17) is 0 Å². The van der Waals surface area contributed by atoms with Gasteiger partial charge in [-0.2, -0.15) is 0 Å². The molecular formula is C17H14OS. The average Bonchev–Trinajstić information content (AvgIpc) is 2.94. The van der Waals surface area contributed by atoms with Gasteiger partial charge in [0, 0.05) is 5.56 Å². The molecule has 0 amide bonds. The lowest BCUT2D eigenvalue weighted by molar-refractivity contribution is 0.104. The molecule has 2 aromatic carbocycles. The Labute approximate surface area is 116 Å². The molecule has 3 aromatic rings. The van der Waals surface area contributed by atoms with Crippen molar-refractivity contribution in [2.45, 2.75) is 13.3 Å². The van der Waals surface area contributed by atoms with Crippen LogP contribution in [0, 0.1) is 0 Å². The molecule has 0 unspecified atom stereocenters. The predicted molar refractivity (Wildman–Crippen MR) is 81.1 cm³/mol. The van der Waals surface area contributed by atoms with Crippen LogP contribution in [0.4, 0.5) is 0 Å². The van der Waals surface area contributed by atoms with Crippen LogP contribution in [-0.2, 0) is 6.42 Å². The fourth-order valence-corrected chi connectivity index (χ4v) is 3.31. The Morgan fingerprint density at radius 2 is 1.84 bits per heavy atom. The van der Waals surface area contributed by atoms with Gasteiger partial charge in [0.25, 0.3) is 0 Å². The van der Waals surface area contributed by atoms with E-state index in [1.165, 1.54) is 11.3 Å². The van der Waals surface area contributed by atoms with Crippen LogP contribution in [0.5, 0.6) is 0 Å². The van der Waals surface area contributed by atoms with Crippen molar-refractivity contribution in [3.05, 3.63) is 69.9 Å². The summed E-state index contributed by atoms with van der Waals surface area (Å²) < 4.78 is 0. The molecular weight excluding hydrogens is 252 g/mol. The molecule has 1 aromatic heterocycles. The number of thiophene rings is 1. The maximum absolute atomic E-state index is 12.7. The summed E-state index contributed by atoms with van der Waals surface area (Å²) in [6.45, 7) is 2.09. The van der Waals surface area contributed by atoms with Crippen molar-refractivity contribution in [2.75, 3.05) is 0 Å². The lowest BCUT2D eigenvalue weighted by Crippen LogP contribution is -2.02. The number of hydrogen-bond donors (Lipinski definition) is 0. The number of carbonyl (C=O) groups excluding carboxylic acids is 1. The minimum Gasteiger partial charge on any atom is -0.288 e. The zero-order chi connectivity index (χ0) is 13.2. The molecule has 0 aliphatic rings. The first kappa shape index (κ1) is 12.1. The largest absolute Gasteiger partial charge is 0.288 e. The van der Waals surface area contributed by atoms with Crippen molar-refractivity contribution in [1.29, 1.82) is 0 Å². The highest BCUT2D eigenvalue weighted by Crippen LogP contribution is 2.25. The van der Waals surface area contributed by atoms with E-state index in [9.17, 15) is 4.79 Å². The Hall–Kier alpha value is -1.93. The number of hydrogen-bond acceptors (Lipinski definition) is 2. The quantitative estimate of drug-likeness (QED) is 0.628. The normalized spacial score (nSPS) is 10.8. The molecule has 0 saturated heterocycles. The van der Waals surface area contributed by atoms with Gasteiger partial charge in [0.05, 0.1) is 4.88 Å². The van der Waals surface area contributed by atoms with E-state index in [0.29, 0.717) is 0 Å². The molecule has 0 N–H and O–H groups in total. The summed E-state index contributed by atoms with van der Waals surface area (Å²) in [4.78, 5) is 13.6. The third-order valence-corrected chi connectivity index (χ3v) is 4.32. The summed E-state index contributed by atoms with van der Waals surface area (Å²) in [5.41, 5.74) is 1.94. The number of ketones is 1. The van der Waals surface area contributed by atoms with E-state index in [1.54, 1.807) is 0 Å². The topological polar surface area (TPSA) is 17.1 Å². The van der Waals surface area contributed by atoms with E-state index in [1.807, 2.05) is 53.9 Å². The Morgan fingerprint density at radius 1 is 1.05 bits per heavy atom. The van der Waals surface area contributed by atoms with Gasteiger partial charge in [-0.15, -0.1) is 11.3 Å². The van der Waals surface area contributed by atoms with Crippen LogP contribution in [-0.4, -0.2) is 5.78 Å². The SMILES string of the molecule is CCc1ccsc1C(=O)c1cccc2ccccc12. The zero-order valence-corrected chi connectivity index (χ0v) is 11.5. The van der Waals surface area contributed by atoms with E-state index in [-0.39, 0.29) is 5.78 Å². The van der Waals surface area contributed by atoms with Crippen molar-refractivity contribution in [3.63, 3.8) is 0 Å². The highest BCUT2D eigenvalue weighted by Gasteiger charge is 2.16.